The van der Waals surface area contributed by atoms with Crippen LogP contribution in [-0.2, 0) is 17.6 Å². The molecule has 1 N–H and O–H groups in total. The van der Waals surface area contributed by atoms with Gasteiger partial charge in [0, 0.05) is 29.8 Å². The third-order valence-corrected chi connectivity index (χ3v) is 4.55. The van der Waals surface area contributed by atoms with Crippen LogP contribution >= 0.6 is 22.9 Å². The number of thiazole rings is 1. The number of carbonyl (C=O) groups excluding carboxylic acids is 1. The number of carbonyl (C=O) groups is 1. The van der Waals surface area contributed by atoms with Gasteiger partial charge >= 0.3 is 0 Å². The number of rotatable bonds is 7. The molecule has 0 fully saturated rings. The Morgan fingerprint density at radius 3 is 2.64 bits per heavy atom. The first-order valence-electron chi connectivity index (χ1n) is 7.50. The number of amides is 1. The summed E-state index contributed by atoms with van der Waals surface area (Å²) >= 11 is 7.48. The molecule has 2 aromatic rings. The second-order valence-corrected chi connectivity index (χ2v) is 6.93. The van der Waals surface area contributed by atoms with E-state index in [2.05, 4.69) is 29.5 Å². The van der Waals surface area contributed by atoms with E-state index in [1.807, 2.05) is 24.3 Å². The van der Waals surface area contributed by atoms with Crippen molar-refractivity contribution in [2.75, 3.05) is 6.54 Å². The minimum atomic E-state index is 0.0789. The van der Waals surface area contributed by atoms with Gasteiger partial charge in [0.1, 0.15) is 0 Å². The van der Waals surface area contributed by atoms with Gasteiger partial charge in [0.2, 0.25) is 5.91 Å². The van der Waals surface area contributed by atoms with Gasteiger partial charge < -0.3 is 5.32 Å². The number of benzene rings is 1. The van der Waals surface area contributed by atoms with E-state index < -0.39 is 0 Å². The van der Waals surface area contributed by atoms with Crippen molar-refractivity contribution in [2.45, 2.75) is 39.0 Å². The number of nitrogens with one attached hydrogen (secondary N) is 1. The molecule has 0 radical (unpaired) electrons. The molecule has 3 nitrogen and oxygen atoms in total. The predicted octanol–water partition coefficient (Wildman–Crippen LogP) is 4.21. The summed E-state index contributed by atoms with van der Waals surface area (Å²) in [5.41, 5.74) is 2.29. The molecule has 5 heteroatoms. The third kappa shape index (κ3) is 5.43. The molecule has 0 aliphatic rings. The summed E-state index contributed by atoms with van der Waals surface area (Å²) in [6, 6.07) is 7.70. The number of aryl methyl sites for hydroxylation is 1. The molecule has 0 aliphatic heterocycles. The van der Waals surface area contributed by atoms with Gasteiger partial charge in [-0.2, -0.15) is 0 Å². The van der Waals surface area contributed by atoms with Crippen molar-refractivity contribution in [3.05, 3.63) is 50.9 Å². The van der Waals surface area contributed by atoms with Crippen molar-refractivity contribution in [2.24, 2.45) is 0 Å². The first kappa shape index (κ1) is 17.0. The minimum absolute atomic E-state index is 0.0789. The molecule has 0 aliphatic carbocycles. The number of aromatic nitrogens is 1. The SMILES string of the molecule is CC(C)c1csc(CCC(=O)NCCc2ccc(Cl)cc2)n1. The maximum atomic E-state index is 11.8. The minimum Gasteiger partial charge on any atom is -0.356 e. The second-order valence-electron chi connectivity index (χ2n) is 5.55. The number of hydrogen-bond donors (Lipinski definition) is 1. The molecule has 1 heterocycles. The maximum absolute atomic E-state index is 11.8. The van der Waals surface area contributed by atoms with Crippen LogP contribution in [0.15, 0.2) is 29.6 Å². The molecule has 1 aromatic heterocycles. The maximum Gasteiger partial charge on any atom is 0.220 e. The molecule has 1 aromatic carbocycles. The number of nitrogens with zero attached hydrogens (tertiary/aromatic N) is 1. The zero-order valence-electron chi connectivity index (χ0n) is 12.9. The average Bonchev–Trinajstić information content (AvgIpc) is 2.96. The lowest BCUT2D eigenvalue weighted by molar-refractivity contribution is -0.121. The number of hydrogen-bond acceptors (Lipinski definition) is 3. The van der Waals surface area contributed by atoms with E-state index in [1.165, 1.54) is 5.56 Å². The van der Waals surface area contributed by atoms with E-state index in [-0.39, 0.29) is 5.91 Å². The summed E-state index contributed by atoms with van der Waals surface area (Å²) in [6.07, 6.45) is 2.02. The summed E-state index contributed by atoms with van der Waals surface area (Å²) in [5.74, 6) is 0.522. The van der Waals surface area contributed by atoms with Gasteiger partial charge in [-0.25, -0.2) is 4.98 Å². The van der Waals surface area contributed by atoms with Gasteiger partial charge in [-0.15, -0.1) is 11.3 Å². The molecule has 0 spiro atoms. The fourth-order valence-corrected chi connectivity index (χ4v) is 3.10. The van der Waals surface area contributed by atoms with Gasteiger partial charge in [-0.1, -0.05) is 37.6 Å². The zero-order chi connectivity index (χ0) is 15.9. The van der Waals surface area contributed by atoms with Crippen molar-refractivity contribution in [3.63, 3.8) is 0 Å². The largest absolute Gasteiger partial charge is 0.356 e. The van der Waals surface area contributed by atoms with Crippen molar-refractivity contribution >= 4 is 28.8 Å². The van der Waals surface area contributed by atoms with Crippen LogP contribution in [0.25, 0.3) is 0 Å². The molecule has 0 unspecified atom stereocenters. The highest BCUT2D eigenvalue weighted by atomic mass is 35.5. The van der Waals surface area contributed by atoms with Gasteiger partial charge in [0.25, 0.3) is 0 Å². The predicted molar refractivity (Wildman–Crippen MR) is 92.7 cm³/mol. The highest BCUT2D eigenvalue weighted by molar-refractivity contribution is 7.09. The van der Waals surface area contributed by atoms with Gasteiger partial charge in [0.15, 0.2) is 0 Å². The fraction of sp³-hybridized carbons (Fsp3) is 0.412. The van der Waals surface area contributed by atoms with E-state index in [4.69, 9.17) is 11.6 Å². The van der Waals surface area contributed by atoms with Crippen molar-refractivity contribution in [3.8, 4) is 0 Å². The van der Waals surface area contributed by atoms with E-state index in [9.17, 15) is 4.79 Å². The third-order valence-electron chi connectivity index (χ3n) is 3.38. The molecule has 118 valence electrons. The molecule has 22 heavy (non-hydrogen) atoms. The first-order chi connectivity index (χ1) is 10.5. The molecule has 1 amide bonds. The standard InChI is InChI=1S/C17H21ClN2OS/c1-12(2)15-11-22-17(20-15)8-7-16(21)19-10-9-13-3-5-14(18)6-4-13/h3-6,11-12H,7-10H2,1-2H3,(H,19,21). The highest BCUT2D eigenvalue weighted by Crippen LogP contribution is 2.18. The summed E-state index contributed by atoms with van der Waals surface area (Å²) < 4.78 is 0. The van der Waals surface area contributed by atoms with E-state index in [0.29, 0.717) is 25.3 Å². The molecule has 0 atom stereocenters. The fourth-order valence-electron chi connectivity index (χ4n) is 2.01. The van der Waals surface area contributed by atoms with Crippen LogP contribution in [-0.4, -0.2) is 17.4 Å². The quantitative estimate of drug-likeness (QED) is 0.822. The van der Waals surface area contributed by atoms with Crippen molar-refractivity contribution < 1.29 is 4.79 Å². The molecule has 0 saturated heterocycles. The van der Waals surface area contributed by atoms with Crippen LogP contribution in [0.3, 0.4) is 0 Å². The van der Waals surface area contributed by atoms with Crippen molar-refractivity contribution in [1.82, 2.24) is 10.3 Å². The Labute approximate surface area is 140 Å². The molecule has 0 bridgehead atoms. The lowest BCUT2D eigenvalue weighted by Gasteiger charge is -2.05. The van der Waals surface area contributed by atoms with Gasteiger partial charge in [-0.05, 0) is 30.0 Å². The van der Waals surface area contributed by atoms with Gasteiger partial charge in [-0.3, -0.25) is 4.79 Å². The molecule has 2 rings (SSSR count). The summed E-state index contributed by atoms with van der Waals surface area (Å²) in [6.45, 7) is 4.90. The van der Waals surface area contributed by atoms with E-state index in [0.717, 1.165) is 22.1 Å². The van der Waals surface area contributed by atoms with Crippen LogP contribution < -0.4 is 5.32 Å². The normalized spacial score (nSPS) is 10.9. The Hall–Kier alpha value is -1.39. The smallest absolute Gasteiger partial charge is 0.220 e. The second kappa shape index (κ2) is 8.30. The average molecular weight is 337 g/mol. The van der Waals surface area contributed by atoms with Crippen LogP contribution in [0.2, 0.25) is 5.02 Å². The highest BCUT2D eigenvalue weighted by Gasteiger charge is 2.08. The Kier molecular flexibility index (Phi) is 6.40. The molecular formula is C17H21ClN2OS. The van der Waals surface area contributed by atoms with Crippen LogP contribution in [0.5, 0.6) is 0 Å². The topological polar surface area (TPSA) is 42.0 Å². The van der Waals surface area contributed by atoms with Gasteiger partial charge in [0.05, 0.1) is 10.7 Å². The Morgan fingerprint density at radius 2 is 2.00 bits per heavy atom. The molecule has 0 saturated carbocycles. The molecular weight excluding hydrogens is 316 g/mol. The monoisotopic (exact) mass is 336 g/mol. The zero-order valence-corrected chi connectivity index (χ0v) is 14.5. The lowest BCUT2D eigenvalue weighted by atomic mass is 10.1. The number of halogens is 1. The summed E-state index contributed by atoms with van der Waals surface area (Å²) in [7, 11) is 0. The summed E-state index contributed by atoms with van der Waals surface area (Å²) in [4.78, 5) is 16.4. The van der Waals surface area contributed by atoms with Crippen LogP contribution in [0, 0.1) is 0 Å². The Bertz CT molecular complexity index is 607. The summed E-state index contributed by atoms with van der Waals surface area (Å²) in [5, 5.41) is 6.80. The lowest BCUT2D eigenvalue weighted by Crippen LogP contribution is -2.25. The van der Waals surface area contributed by atoms with Crippen LogP contribution in [0.4, 0.5) is 0 Å². The van der Waals surface area contributed by atoms with E-state index >= 15 is 0 Å². The van der Waals surface area contributed by atoms with Crippen molar-refractivity contribution in [1.29, 1.82) is 0 Å². The Balaban J connectivity index is 1.68. The Morgan fingerprint density at radius 1 is 1.27 bits per heavy atom. The van der Waals surface area contributed by atoms with Crippen LogP contribution in [0.1, 0.15) is 42.5 Å². The first-order valence-corrected chi connectivity index (χ1v) is 8.76. The van der Waals surface area contributed by atoms with E-state index in [1.54, 1.807) is 11.3 Å².